The van der Waals surface area contributed by atoms with Crippen LogP contribution in [0.1, 0.15) is 6.42 Å². The first-order valence-corrected chi connectivity index (χ1v) is 19.3. The molecule has 0 saturated heterocycles. The van der Waals surface area contributed by atoms with E-state index in [1.165, 1.54) is 13.1 Å². The number of carbonyl (C=O) groups excluding carboxylic acids is 2. The molecule has 0 unspecified atom stereocenters. The minimum Gasteiger partial charge on any atom is -0.544 e. The van der Waals surface area contributed by atoms with E-state index in [1.807, 2.05) is 13.1 Å². The first-order chi connectivity index (χ1) is 17.9. The summed E-state index contributed by atoms with van der Waals surface area (Å²) in [6, 6.07) is 0.381. The molecule has 41 heavy (non-hydrogen) atoms. The lowest BCUT2D eigenvalue weighted by atomic mass is 10.3. The number of allylic oxidation sites excluding steroid dienone is 5. The van der Waals surface area contributed by atoms with E-state index < -0.39 is 65.8 Å². The first-order valence-electron chi connectivity index (χ1n) is 10.8. The van der Waals surface area contributed by atoms with Gasteiger partial charge in [-0.3, -0.25) is 9.59 Å². The van der Waals surface area contributed by atoms with Gasteiger partial charge in [0.05, 0.1) is 5.83 Å². The van der Waals surface area contributed by atoms with Gasteiger partial charge in [0.1, 0.15) is 5.76 Å². The van der Waals surface area contributed by atoms with Crippen molar-refractivity contribution >= 4 is 97.8 Å². The van der Waals surface area contributed by atoms with Gasteiger partial charge < -0.3 is 13.7 Å². The molecule has 0 heterocycles. The fourth-order valence-electron chi connectivity index (χ4n) is 2.20. The van der Waals surface area contributed by atoms with Crippen molar-refractivity contribution in [1.29, 1.82) is 0 Å². The number of alkyl halides is 12. The Kier molecular flexibility index (Phi) is 17.0. The average molecular weight is 756 g/mol. The largest absolute Gasteiger partial charge is 0.544 e. The summed E-state index contributed by atoms with van der Waals surface area (Å²) in [5.74, 6) is -6.55. The molecule has 0 aromatic heterocycles. The topological polar surface area (TPSA) is 57.0 Å². The molecule has 0 aliphatic rings. The summed E-state index contributed by atoms with van der Waals surface area (Å²) in [5, 5.41) is 0. The summed E-state index contributed by atoms with van der Waals surface area (Å²) < 4.78 is 92.5. The van der Waals surface area contributed by atoms with Gasteiger partial charge >= 0.3 is 12.4 Å². The lowest BCUT2D eigenvalue weighted by molar-refractivity contribution is -0.166. The molecule has 0 saturated carbocycles. The summed E-state index contributed by atoms with van der Waals surface area (Å²) in [6.45, 7) is 16.1. The van der Waals surface area contributed by atoms with Crippen LogP contribution < -0.4 is 0 Å². The Morgan fingerprint density at radius 1 is 0.780 bits per heavy atom. The highest BCUT2D eigenvalue weighted by molar-refractivity contribution is 6.77. The van der Waals surface area contributed by atoms with E-state index in [4.69, 9.17) is 80.6 Å². The number of hydrogen-bond donors (Lipinski definition) is 0. The number of nitrogens with zero attached hydrogens (tertiary/aromatic N) is 1. The lowest BCUT2D eigenvalue weighted by Gasteiger charge is -2.28. The highest BCUT2D eigenvalue weighted by Gasteiger charge is 2.44. The molecule has 20 heteroatoms. The van der Waals surface area contributed by atoms with E-state index >= 15 is 0 Å². The standard InChI is InChI=1S/C11H13F7O2Si.C10H11Cl6NO2Si/c1-7(12)4-5-21(2,3)20-9(11(16,17)18)6-8(19)10(13,14)15;1-17-4-5-20(2,3)19-8(10(14,15)16)6-7(18)9(11,12)13/h6H,1,4-5H2,2-3H3;6H,4-5H2,2-3H3. The third kappa shape index (κ3) is 20.0. The molecule has 0 aliphatic heterocycles. The predicted molar refractivity (Wildman–Crippen MR) is 152 cm³/mol. The van der Waals surface area contributed by atoms with Crippen LogP contribution >= 0.6 is 69.6 Å². The number of carbonyl (C=O) groups is 2. The van der Waals surface area contributed by atoms with Crippen LogP contribution in [-0.4, -0.2) is 54.7 Å². The Bertz CT molecular complexity index is 1050. The maximum Gasteiger partial charge on any atom is 0.454 e. The molecule has 0 fully saturated rings. The number of ketones is 2. The molecule has 0 aliphatic carbocycles. The van der Waals surface area contributed by atoms with Crippen LogP contribution in [0.15, 0.2) is 36.1 Å². The van der Waals surface area contributed by atoms with Crippen LogP contribution in [0.2, 0.25) is 38.3 Å². The Balaban J connectivity index is 0. The molecule has 236 valence electrons. The molecular weight excluding hydrogens is 732 g/mol. The number of rotatable bonds is 11. The Labute approximate surface area is 264 Å². The summed E-state index contributed by atoms with van der Waals surface area (Å²) in [6.07, 6.45) is -10.7. The highest BCUT2D eigenvalue weighted by Crippen LogP contribution is 2.39. The molecule has 0 N–H and O–H groups in total. The molecule has 0 amide bonds. The van der Waals surface area contributed by atoms with E-state index in [1.54, 1.807) is 0 Å². The SMILES string of the molecule is C=C(F)CC[Si](C)(C)OC(=CC(=O)C(F)(F)F)C(F)(F)F.[C-]#[N+]CC[Si](C)(C)OC(=CC(=O)C(Cl)(Cl)Cl)C(Cl)(Cl)Cl. The van der Waals surface area contributed by atoms with E-state index in [2.05, 4.69) is 15.8 Å². The van der Waals surface area contributed by atoms with Gasteiger partial charge in [0.25, 0.3) is 17.9 Å². The molecule has 0 rings (SSSR count). The third-order valence-electron chi connectivity index (χ3n) is 4.24. The third-order valence-corrected chi connectivity index (χ3v) is 9.78. The van der Waals surface area contributed by atoms with Crippen LogP contribution in [0.5, 0.6) is 0 Å². The Morgan fingerprint density at radius 3 is 1.54 bits per heavy atom. The highest BCUT2D eigenvalue weighted by atomic mass is 35.6. The van der Waals surface area contributed by atoms with Crippen molar-refractivity contribution in [3.63, 3.8) is 0 Å². The van der Waals surface area contributed by atoms with Crippen molar-refractivity contribution in [2.75, 3.05) is 6.54 Å². The van der Waals surface area contributed by atoms with Crippen LogP contribution in [0.25, 0.3) is 4.85 Å². The smallest absolute Gasteiger partial charge is 0.454 e. The van der Waals surface area contributed by atoms with Crippen LogP contribution in [0.4, 0.5) is 30.7 Å². The first kappa shape index (κ1) is 42.5. The lowest BCUT2D eigenvalue weighted by Crippen LogP contribution is -2.34. The minimum absolute atomic E-state index is 0.129. The van der Waals surface area contributed by atoms with Gasteiger partial charge in [-0.05, 0) is 38.7 Å². The van der Waals surface area contributed by atoms with Crippen LogP contribution in [-0.2, 0) is 18.4 Å². The second-order valence-electron chi connectivity index (χ2n) is 9.11. The van der Waals surface area contributed by atoms with Gasteiger partial charge in [0, 0.05) is 18.2 Å². The van der Waals surface area contributed by atoms with Crippen molar-refractivity contribution in [3.8, 4) is 0 Å². The zero-order valence-corrected chi connectivity index (χ0v) is 28.2. The van der Waals surface area contributed by atoms with Crippen molar-refractivity contribution in [2.45, 2.75) is 64.6 Å². The van der Waals surface area contributed by atoms with Gasteiger partial charge in [-0.25, -0.2) is 11.0 Å². The monoisotopic (exact) mass is 753 g/mol. The van der Waals surface area contributed by atoms with Crippen molar-refractivity contribution in [3.05, 3.63) is 47.5 Å². The quantitative estimate of drug-likeness (QED) is 0.0526. The van der Waals surface area contributed by atoms with Crippen LogP contribution in [0.3, 0.4) is 0 Å². The number of hydrogen-bond acceptors (Lipinski definition) is 4. The maximum absolute atomic E-state index is 12.6. The minimum atomic E-state index is -5.43. The molecule has 0 bridgehead atoms. The molecule has 0 aromatic rings. The Morgan fingerprint density at radius 2 is 1.20 bits per heavy atom. The van der Waals surface area contributed by atoms with Crippen molar-refractivity contribution in [1.82, 2.24) is 0 Å². The van der Waals surface area contributed by atoms with Gasteiger partial charge in [-0.1, -0.05) is 76.2 Å². The van der Waals surface area contributed by atoms with E-state index in [0.29, 0.717) is 6.04 Å². The molecular formula is C21H24Cl6F7NO4Si2. The van der Waals surface area contributed by atoms with Crippen LogP contribution in [0, 0.1) is 6.57 Å². The average Bonchev–Trinajstić information content (AvgIpc) is 2.73. The van der Waals surface area contributed by atoms with Gasteiger partial charge in [0.15, 0.2) is 5.76 Å². The fourth-order valence-corrected chi connectivity index (χ4v) is 6.14. The summed E-state index contributed by atoms with van der Waals surface area (Å²) in [7, 11) is -5.51. The predicted octanol–water partition coefficient (Wildman–Crippen LogP) is 9.98. The second kappa shape index (κ2) is 16.4. The van der Waals surface area contributed by atoms with E-state index in [-0.39, 0.29) is 24.8 Å². The fraction of sp³-hybridized carbons (Fsp3) is 0.571. The Hall–Kier alpha value is -0.666. The molecule has 0 aromatic carbocycles. The van der Waals surface area contributed by atoms with Gasteiger partial charge in [-0.15, -0.1) is 0 Å². The normalized spacial score (nSPS) is 14.0. The molecule has 0 spiro atoms. The summed E-state index contributed by atoms with van der Waals surface area (Å²) in [5.41, 5.74) is 0. The molecule has 0 atom stereocenters. The van der Waals surface area contributed by atoms with Gasteiger partial charge in [0.2, 0.25) is 24.4 Å². The summed E-state index contributed by atoms with van der Waals surface area (Å²) >= 11 is 33.6. The van der Waals surface area contributed by atoms with Gasteiger partial charge in [-0.2, -0.15) is 26.3 Å². The number of halogens is 13. The molecule has 5 nitrogen and oxygen atoms in total. The van der Waals surface area contributed by atoms with Crippen molar-refractivity contribution in [2.24, 2.45) is 0 Å². The van der Waals surface area contributed by atoms with Crippen molar-refractivity contribution < 1.29 is 49.2 Å². The van der Waals surface area contributed by atoms with E-state index in [0.717, 1.165) is 6.08 Å². The van der Waals surface area contributed by atoms with E-state index in [9.17, 15) is 40.3 Å². The summed E-state index contributed by atoms with van der Waals surface area (Å²) in [4.78, 5) is 25.5. The zero-order valence-electron chi connectivity index (χ0n) is 21.7. The second-order valence-corrected chi connectivity index (χ2v) is 22.1. The molecule has 0 radical (unpaired) electrons. The maximum atomic E-state index is 12.6. The zero-order chi connectivity index (χ0) is 33.3.